The molecule has 1 N–H and O–H groups in total. The van der Waals surface area contributed by atoms with Gasteiger partial charge in [0.1, 0.15) is 15.9 Å². The van der Waals surface area contributed by atoms with Gasteiger partial charge in [0.2, 0.25) is 15.9 Å². The third-order valence-corrected chi connectivity index (χ3v) is 12.3. The Balaban J connectivity index is 1.03. The number of aryl methyl sites for hydroxylation is 1. The number of nitrogens with one attached hydrogen (secondary N) is 1. The summed E-state index contributed by atoms with van der Waals surface area (Å²) in [6.07, 6.45) is 5.00. The zero-order valence-corrected chi connectivity index (χ0v) is 23.6. The van der Waals surface area contributed by atoms with Gasteiger partial charge >= 0.3 is 0 Å². The lowest BCUT2D eigenvalue weighted by Crippen LogP contribution is -2.42. The average Bonchev–Trinajstić information content (AvgIpc) is 3.35. The number of piperidine rings is 1. The molecule has 0 bridgehead atoms. The molecule has 8 nitrogen and oxygen atoms in total. The highest BCUT2D eigenvalue weighted by atomic mass is 35.5. The number of sulfonamides is 1. The van der Waals surface area contributed by atoms with Crippen LogP contribution >= 0.6 is 34.3 Å². The van der Waals surface area contributed by atoms with Crippen molar-refractivity contribution in [2.75, 3.05) is 31.1 Å². The number of aromatic nitrogens is 2. The number of nitrogens with zero attached hydrogens (tertiary/aromatic N) is 4. The number of rotatable bonds is 6. The van der Waals surface area contributed by atoms with Crippen LogP contribution in [-0.2, 0) is 14.8 Å². The van der Waals surface area contributed by atoms with Crippen molar-refractivity contribution in [3.8, 4) is 9.75 Å². The summed E-state index contributed by atoms with van der Waals surface area (Å²) in [5.41, 5.74) is -0.136. The second kappa shape index (κ2) is 9.60. The third kappa shape index (κ3) is 5.04. The number of hydrogen-bond donors (Lipinski definition) is 1. The van der Waals surface area contributed by atoms with Gasteiger partial charge in [-0.3, -0.25) is 4.79 Å². The maximum atomic E-state index is 13.3. The van der Waals surface area contributed by atoms with E-state index in [1.54, 1.807) is 12.3 Å². The summed E-state index contributed by atoms with van der Waals surface area (Å²) in [6, 6.07) is 9.00. The Morgan fingerprint density at radius 3 is 2.59 bits per heavy atom. The molecule has 1 saturated carbocycles. The van der Waals surface area contributed by atoms with Gasteiger partial charge in [0.25, 0.3) is 0 Å². The molecule has 0 aromatic carbocycles. The van der Waals surface area contributed by atoms with E-state index in [1.165, 1.54) is 22.7 Å². The van der Waals surface area contributed by atoms with Crippen molar-refractivity contribution in [1.29, 1.82) is 0 Å². The van der Waals surface area contributed by atoms with E-state index in [2.05, 4.69) is 19.6 Å². The van der Waals surface area contributed by atoms with Crippen molar-refractivity contribution >= 4 is 56.0 Å². The van der Waals surface area contributed by atoms with Crippen LogP contribution in [0, 0.1) is 18.3 Å². The number of likely N-dealkylation sites (tertiary alicyclic amines) is 1. The summed E-state index contributed by atoms with van der Waals surface area (Å²) in [5.74, 6) is 1.89. The average molecular weight is 578 g/mol. The Morgan fingerprint density at radius 2 is 1.86 bits per heavy atom. The zero-order valence-electron chi connectivity index (χ0n) is 20.4. The second-order valence-electron chi connectivity index (χ2n) is 10.2. The fraction of sp³-hybridized carbons (Fsp3) is 0.480. The topological polar surface area (TPSA) is 95.5 Å². The predicted octanol–water partition coefficient (Wildman–Crippen LogP) is 4.41. The molecule has 2 saturated heterocycles. The van der Waals surface area contributed by atoms with Crippen molar-refractivity contribution in [2.24, 2.45) is 11.3 Å². The first-order valence-electron chi connectivity index (χ1n) is 12.4. The number of carbonyl (C=O) groups is 1. The highest BCUT2D eigenvalue weighted by Gasteiger charge is 2.59. The number of carbonyl (C=O) groups excluding carboxylic acids is 1. The van der Waals surface area contributed by atoms with Gasteiger partial charge in [-0.25, -0.2) is 23.1 Å². The first-order valence-corrected chi connectivity index (χ1v) is 15.9. The minimum atomic E-state index is -3.61. The molecular weight excluding hydrogens is 550 g/mol. The molecule has 196 valence electrons. The molecule has 0 radical (unpaired) electrons. The zero-order chi connectivity index (χ0) is 25.8. The minimum Gasteiger partial charge on any atom is -0.356 e. The van der Waals surface area contributed by atoms with Crippen LogP contribution in [0.4, 0.5) is 5.82 Å². The first-order chi connectivity index (χ1) is 17.7. The molecule has 3 aliphatic rings. The first kappa shape index (κ1) is 25.2. The molecule has 1 aliphatic carbocycles. The van der Waals surface area contributed by atoms with Crippen LogP contribution in [0.1, 0.15) is 31.5 Å². The lowest BCUT2D eigenvalue weighted by Gasteiger charge is -2.34. The van der Waals surface area contributed by atoms with Gasteiger partial charge in [0.15, 0.2) is 0 Å². The van der Waals surface area contributed by atoms with Crippen molar-refractivity contribution in [2.45, 2.75) is 42.9 Å². The lowest BCUT2D eigenvalue weighted by atomic mass is 9.95. The Hall–Kier alpha value is -2.05. The molecule has 2 unspecified atom stereocenters. The fourth-order valence-electron chi connectivity index (χ4n) is 5.57. The van der Waals surface area contributed by atoms with E-state index in [4.69, 9.17) is 11.6 Å². The molecule has 37 heavy (non-hydrogen) atoms. The summed E-state index contributed by atoms with van der Waals surface area (Å²) in [7, 11) is -3.61. The van der Waals surface area contributed by atoms with Crippen LogP contribution in [0.3, 0.4) is 0 Å². The van der Waals surface area contributed by atoms with E-state index < -0.39 is 10.0 Å². The molecule has 2 atom stereocenters. The number of amides is 1. The molecule has 1 spiro atoms. The van der Waals surface area contributed by atoms with E-state index in [1.807, 2.05) is 36.1 Å². The number of hydrogen-bond acceptors (Lipinski definition) is 8. The molecule has 3 aromatic heterocycles. The molecule has 3 aromatic rings. The van der Waals surface area contributed by atoms with Crippen LogP contribution in [-0.4, -0.2) is 61.4 Å². The molecule has 6 rings (SSSR count). The largest absolute Gasteiger partial charge is 0.356 e. The van der Waals surface area contributed by atoms with E-state index in [0.29, 0.717) is 21.6 Å². The van der Waals surface area contributed by atoms with Crippen molar-refractivity contribution < 1.29 is 13.2 Å². The fourth-order valence-corrected chi connectivity index (χ4v) is 9.37. The Kier molecular flexibility index (Phi) is 6.55. The van der Waals surface area contributed by atoms with Crippen LogP contribution in [0.15, 0.2) is 40.7 Å². The van der Waals surface area contributed by atoms with Gasteiger partial charge in [-0.2, -0.15) is 0 Å². The Morgan fingerprint density at radius 1 is 1.11 bits per heavy atom. The van der Waals surface area contributed by atoms with Crippen LogP contribution in [0.5, 0.6) is 0 Å². The smallest absolute Gasteiger partial charge is 0.250 e. The van der Waals surface area contributed by atoms with Crippen LogP contribution in [0.25, 0.3) is 9.75 Å². The highest BCUT2D eigenvalue weighted by Crippen LogP contribution is 2.54. The highest BCUT2D eigenvalue weighted by molar-refractivity contribution is 7.91. The van der Waals surface area contributed by atoms with E-state index in [9.17, 15) is 13.2 Å². The van der Waals surface area contributed by atoms with Crippen LogP contribution < -0.4 is 9.62 Å². The summed E-state index contributed by atoms with van der Waals surface area (Å²) in [6.45, 7) is 4.81. The van der Waals surface area contributed by atoms with Crippen molar-refractivity contribution in [1.82, 2.24) is 19.6 Å². The minimum absolute atomic E-state index is 0.0125. The molecular formula is C25H28ClN5O3S3. The molecule has 2 aliphatic heterocycles. The number of thiophene rings is 2. The molecule has 1 amide bonds. The lowest BCUT2D eigenvalue weighted by molar-refractivity contribution is -0.135. The van der Waals surface area contributed by atoms with Gasteiger partial charge in [0.05, 0.1) is 4.34 Å². The quantitative estimate of drug-likeness (QED) is 0.466. The van der Waals surface area contributed by atoms with Crippen LogP contribution in [0.2, 0.25) is 4.34 Å². The van der Waals surface area contributed by atoms with Gasteiger partial charge in [-0.1, -0.05) is 11.6 Å². The Bertz CT molecular complexity index is 1430. The third-order valence-electron chi connectivity index (χ3n) is 7.78. The number of anilines is 1. The molecule has 3 fully saturated rings. The second-order valence-corrected chi connectivity index (χ2v) is 14.9. The summed E-state index contributed by atoms with van der Waals surface area (Å²) in [5, 5.41) is 0. The molecule has 12 heteroatoms. The van der Waals surface area contributed by atoms with Gasteiger partial charge in [0, 0.05) is 59.5 Å². The maximum Gasteiger partial charge on any atom is 0.250 e. The van der Waals surface area contributed by atoms with Crippen molar-refractivity contribution in [3.63, 3.8) is 0 Å². The molecule has 5 heterocycles. The van der Waals surface area contributed by atoms with Crippen molar-refractivity contribution in [3.05, 3.63) is 46.7 Å². The van der Waals surface area contributed by atoms with E-state index in [0.717, 1.165) is 60.2 Å². The van der Waals surface area contributed by atoms with Gasteiger partial charge in [-0.05, 0) is 62.9 Å². The summed E-state index contributed by atoms with van der Waals surface area (Å²) >= 11 is 8.72. The van der Waals surface area contributed by atoms with E-state index in [-0.39, 0.29) is 23.3 Å². The normalized spacial score (nSPS) is 24.2. The SMILES string of the molecule is Cc1nccc(N2CCC(C(=O)N3CCC4(CC4NS(=O)(=O)c4ccc(-c5ccc(Cl)s5)s4)C3)CC2)n1. The van der Waals surface area contributed by atoms with E-state index >= 15 is 0 Å². The summed E-state index contributed by atoms with van der Waals surface area (Å²) in [4.78, 5) is 28.0. The number of halogens is 1. The predicted molar refractivity (Wildman–Crippen MR) is 147 cm³/mol. The maximum absolute atomic E-state index is 13.3. The summed E-state index contributed by atoms with van der Waals surface area (Å²) < 4.78 is 30.1. The van der Waals surface area contributed by atoms with Gasteiger partial charge in [-0.15, -0.1) is 22.7 Å². The Labute approximate surface area is 229 Å². The standard InChI is InChI=1S/C25H28ClN5O3S3/c1-16-27-10-6-22(28-16)30-11-7-17(8-12-30)24(32)31-13-9-25(15-31)14-20(25)29-37(33,34)23-5-3-19(36-23)18-2-4-21(26)35-18/h2-6,10,17,20,29H,7-9,11-15H2,1H3. The van der Waals surface area contributed by atoms with Gasteiger partial charge < -0.3 is 9.80 Å². The monoisotopic (exact) mass is 577 g/mol.